The molecule has 1 aliphatic rings. The normalized spacial score (nSPS) is 14.5. The first-order valence-electron chi connectivity index (χ1n) is 6.38. The van der Waals surface area contributed by atoms with E-state index < -0.39 is 0 Å². The molecule has 0 radical (unpaired) electrons. The summed E-state index contributed by atoms with van der Waals surface area (Å²) >= 11 is 0. The zero-order valence-electron chi connectivity index (χ0n) is 11.4. The number of fused-ring (bicyclic) bond motifs is 1. The summed E-state index contributed by atoms with van der Waals surface area (Å²) in [6, 6.07) is 1.99. The maximum Gasteiger partial charge on any atom is 0.173 e. The van der Waals surface area contributed by atoms with Crippen molar-refractivity contribution in [1.29, 1.82) is 0 Å². The molecule has 0 aliphatic heterocycles. The number of nitrogens with zero attached hydrogens (tertiary/aromatic N) is 3. The largest absolute Gasteiger partial charge is 0.409 e. The number of likely N-dealkylation sites (N-methyl/N-ethyl adjacent to an activating group) is 1. The predicted octanol–water partition coefficient (Wildman–Crippen LogP) is 0.747. The number of anilines is 1. The fourth-order valence-corrected chi connectivity index (χ4v) is 2.33. The third kappa shape index (κ3) is 2.78. The number of methoxy groups -OCH3 is 1. The molecule has 19 heavy (non-hydrogen) atoms. The van der Waals surface area contributed by atoms with Gasteiger partial charge < -0.3 is 20.6 Å². The predicted molar refractivity (Wildman–Crippen MR) is 73.9 cm³/mol. The van der Waals surface area contributed by atoms with Crippen molar-refractivity contribution >= 4 is 11.7 Å². The molecular weight excluding hydrogens is 244 g/mol. The second-order valence-electron chi connectivity index (χ2n) is 4.72. The molecule has 0 aromatic carbocycles. The average molecular weight is 264 g/mol. The summed E-state index contributed by atoms with van der Waals surface area (Å²) < 4.78 is 5.07. The first kappa shape index (κ1) is 13.6. The summed E-state index contributed by atoms with van der Waals surface area (Å²) in [5.74, 6) is 0.842. The number of hydrogen-bond donors (Lipinski definition) is 2. The molecule has 0 spiro atoms. The second kappa shape index (κ2) is 5.88. The lowest BCUT2D eigenvalue weighted by Gasteiger charge is -2.21. The van der Waals surface area contributed by atoms with Gasteiger partial charge in [-0.2, -0.15) is 0 Å². The third-order valence-corrected chi connectivity index (χ3v) is 3.41. The Balaban J connectivity index is 2.39. The molecular formula is C13H20N4O2. The Labute approximate surface area is 112 Å². The molecule has 0 unspecified atom stereocenters. The Hall–Kier alpha value is -1.82. The number of amidine groups is 1. The number of oxime groups is 1. The van der Waals surface area contributed by atoms with E-state index in [9.17, 15) is 0 Å². The van der Waals surface area contributed by atoms with Crippen LogP contribution < -0.4 is 10.6 Å². The summed E-state index contributed by atoms with van der Waals surface area (Å²) in [4.78, 5) is 6.64. The highest BCUT2D eigenvalue weighted by Crippen LogP contribution is 2.26. The molecule has 3 N–H and O–H groups in total. The maximum absolute atomic E-state index is 8.91. The molecule has 1 aliphatic carbocycles. The number of pyridine rings is 1. The minimum atomic E-state index is 0.0986. The average Bonchev–Trinajstić information content (AvgIpc) is 2.89. The summed E-state index contributed by atoms with van der Waals surface area (Å²) in [5.41, 5.74) is 8.76. The minimum Gasteiger partial charge on any atom is -0.409 e. The van der Waals surface area contributed by atoms with Gasteiger partial charge >= 0.3 is 0 Å². The monoisotopic (exact) mass is 264 g/mol. The van der Waals surface area contributed by atoms with Gasteiger partial charge in [-0.05, 0) is 30.9 Å². The Kier molecular flexibility index (Phi) is 4.21. The number of aromatic nitrogens is 1. The van der Waals surface area contributed by atoms with Crippen molar-refractivity contribution in [3.05, 3.63) is 22.9 Å². The van der Waals surface area contributed by atoms with Crippen molar-refractivity contribution in [3.8, 4) is 0 Å². The van der Waals surface area contributed by atoms with E-state index in [1.54, 1.807) is 7.11 Å². The van der Waals surface area contributed by atoms with Crippen LogP contribution in [0.5, 0.6) is 0 Å². The van der Waals surface area contributed by atoms with Gasteiger partial charge in [-0.1, -0.05) is 5.16 Å². The minimum absolute atomic E-state index is 0.0986. The van der Waals surface area contributed by atoms with Gasteiger partial charge in [0.05, 0.1) is 12.2 Å². The highest BCUT2D eigenvalue weighted by atomic mass is 16.5. The van der Waals surface area contributed by atoms with Crippen LogP contribution >= 0.6 is 0 Å². The molecule has 1 aromatic rings. The van der Waals surface area contributed by atoms with E-state index in [-0.39, 0.29) is 5.84 Å². The quantitative estimate of drug-likeness (QED) is 0.355. The SMILES string of the molecule is COCCN(C)c1nc2c(cc1C(N)=NO)CCC2. The van der Waals surface area contributed by atoms with E-state index in [1.807, 2.05) is 18.0 Å². The van der Waals surface area contributed by atoms with Crippen molar-refractivity contribution in [3.63, 3.8) is 0 Å². The molecule has 104 valence electrons. The van der Waals surface area contributed by atoms with Crippen molar-refractivity contribution in [1.82, 2.24) is 4.98 Å². The fraction of sp³-hybridized carbons (Fsp3) is 0.538. The Morgan fingerprint density at radius 2 is 2.37 bits per heavy atom. The van der Waals surface area contributed by atoms with E-state index in [0.29, 0.717) is 18.7 Å². The van der Waals surface area contributed by atoms with Crippen molar-refractivity contribution in [2.24, 2.45) is 10.9 Å². The van der Waals surface area contributed by atoms with E-state index >= 15 is 0 Å². The molecule has 0 amide bonds. The van der Waals surface area contributed by atoms with Gasteiger partial charge in [-0.15, -0.1) is 0 Å². The van der Waals surface area contributed by atoms with Gasteiger partial charge in [0, 0.05) is 26.4 Å². The number of nitrogens with two attached hydrogens (primary N) is 1. The van der Waals surface area contributed by atoms with E-state index in [1.165, 1.54) is 5.56 Å². The Morgan fingerprint density at radius 3 is 3.05 bits per heavy atom. The molecule has 1 heterocycles. The topological polar surface area (TPSA) is 84.0 Å². The lowest BCUT2D eigenvalue weighted by molar-refractivity contribution is 0.206. The highest BCUT2D eigenvalue weighted by molar-refractivity contribution is 6.01. The Bertz CT molecular complexity index is 488. The molecule has 2 rings (SSSR count). The lowest BCUT2D eigenvalue weighted by atomic mass is 10.1. The van der Waals surface area contributed by atoms with E-state index in [4.69, 9.17) is 15.7 Å². The first-order chi connectivity index (χ1) is 9.17. The zero-order chi connectivity index (χ0) is 13.8. The Morgan fingerprint density at radius 1 is 1.58 bits per heavy atom. The van der Waals surface area contributed by atoms with Crippen LogP contribution in [0.4, 0.5) is 5.82 Å². The van der Waals surface area contributed by atoms with E-state index in [0.717, 1.165) is 30.8 Å². The van der Waals surface area contributed by atoms with Crippen LogP contribution in [-0.2, 0) is 17.6 Å². The third-order valence-electron chi connectivity index (χ3n) is 3.41. The van der Waals surface area contributed by atoms with E-state index in [2.05, 4.69) is 10.1 Å². The van der Waals surface area contributed by atoms with Crippen LogP contribution in [0, 0.1) is 0 Å². The lowest BCUT2D eigenvalue weighted by Crippen LogP contribution is -2.27. The molecule has 0 fully saturated rings. The zero-order valence-corrected chi connectivity index (χ0v) is 11.4. The maximum atomic E-state index is 8.91. The fourth-order valence-electron chi connectivity index (χ4n) is 2.33. The number of aryl methyl sites for hydroxylation is 2. The van der Waals surface area contributed by atoms with Crippen LogP contribution in [-0.4, -0.2) is 43.3 Å². The van der Waals surface area contributed by atoms with Crippen molar-refractivity contribution < 1.29 is 9.94 Å². The van der Waals surface area contributed by atoms with Crippen LogP contribution in [0.3, 0.4) is 0 Å². The number of rotatable bonds is 5. The van der Waals surface area contributed by atoms with Crippen LogP contribution in [0.25, 0.3) is 0 Å². The van der Waals surface area contributed by atoms with Gasteiger partial charge in [-0.25, -0.2) is 4.98 Å². The van der Waals surface area contributed by atoms with Gasteiger partial charge in [0.25, 0.3) is 0 Å². The summed E-state index contributed by atoms with van der Waals surface area (Å²) in [6.07, 6.45) is 3.12. The number of ether oxygens (including phenoxy) is 1. The van der Waals surface area contributed by atoms with Gasteiger partial charge in [0.15, 0.2) is 5.84 Å². The van der Waals surface area contributed by atoms with Crippen molar-refractivity contribution in [2.45, 2.75) is 19.3 Å². The second-order valence-corrected chi connectivity index (χ2v) is 4.72. The highest BCUT2D eigenvalue weighted by Gasteiger charge is 2.20. The summed E-state index contributed by atoms with van der Waals surface area (Å²) in [6.45, 7) is 1.30. The summed E-state index contributed by atoms with van der Waals surface area (Å²) in [7, 11) is 3.59. The molecule has 6 heteroatoms. The van der Waals surface area contributed by atoms with Crippen LogP contribution in [0.1, 0.15) is 23.2 Å². The number of hydrogen-bond acceptors (Lipinski definition) is 5. The van der Waals surface area contributed by atoms with Gasteiger partial charge in [0.1, 0.15) is 5.82 Å². The molecule has 0 atom stereocenters. The molecule has 6 nitrogen and oxygen atoms in total. The molecule has 1 aromatic heterocycles. The standard InChI is InChI=1S/C13H20N4O2/c1-17(6-7-19-2)13-10(12(14)16-18)8-9-4-3-5-11(9)15-13/h8,18H,3-7H2,1-2H3,(H2,14,16). The molecule has 0 saturated carbocycles. The van der Waals surface area contributed by atoms with Gasteiger partial charge in [-0.3, -0.25) is 0 Å². The van der Waals surface area contributed by atoms with Crippen LogP contribution in [0.2, 0.25) is 0 Å². The van der Waals surface area contributed by atoms with Crippen LogP contribution in [0.15, 0.2) is 11.2 Å². The van der Waals surface area contributed by atoms with Gasteiger partial charge in [0.2, 0.25) is 0 Å². The molecule has 0 saturated heterocycles. The summed E-state index contributed by atoms with van der Waals surface area (Å²) in [5, 5.41) is 12.0. The smallest absolute Gasteiger partial charge is 0.173 e. The molecule has 0 bridgehead atoms. The first-order valence-corrected chi connectivity index (χ1v) is 6.38. The van der Waals surface area contributed by atoms with Crippen molar-refractivity contribution in [2.75, 3.05) is 32.2 Å².